The molecule has 0 spiro atoms. The summed E-state index contributed by atoms with van der Waals surface area (Å²) in [6.07, 6.45) is 9.91. The third-order valence-electron chi connectivity index (χ3n) is 3.44. The number of nitrogens with zero attached hydrogens (tertiary/aromatic N) is 2. The van der Waals surface area contributed by atoms with Crippen molar-refractivity contribution in [1.29, 1.82) is 0 Å². The van der Waals surface area contributed by atoms with Crippen molar-refractivity contribution in [3.8, 4) is 0 Å². The maximum Gasteiger partial charge on any atom is 0.355 e. The monoisotopic (exact) mass is 312 g/mol. The van der Waals surface area contributed by atoms with Crippen molar-refractivity contribution in [3.63, 3.8) is 0 Å². The fourth-order valence-corrected chi connectivity index (χ4v) is 2.80. The van der Waals surface area contributed by atoms with Gasteiger partial charge in [0.2, 0.25) is 0 Å². The molecular formula is C13H17BrN2O2. The first kappa shape index (κ1) is 13.5. The first-order valence-corrected chi connectivity index (χ1v) is 7.23. The molecule has 0 saturated heterocycles. The van der Waals surface area contributed by atoms with Gasteiger partial charge in [0.05, 0.1) is 4.47 Å². The highest BCUT2D eigenvalue weighted by molar-refractivity contribution is 9.10. The Labute approximate surface area is 115 Å². The minimum absolute atomic E-state index is 0.0714. The van der Waals surface area contributed by atoms with Crippen LogP contribution in [0.4, 0.5) is 0 Å². The van der Waals surface area contributed by atoms with E-state index in [0.29, 0.717) is 16.2 Å². The number of aromatic nitrogens is 2. The fourth-order valence-electron chi connectivity index (χ4n) is 2.44. The molecule has 5 heteroatoms. The summed E-state index contributed by atoms with van der Waals surface area (Å²) in [5.74, 6) is 0.00497. The summed E-state index contributed by atoms with van der Waals surface area (Å²) < 4.78 is 0.449. The van der Waals surface area contributed by atoms with Gasteiger partial charge in [0.25, 0.3) is 0 Å². The topological polar surface area (TPSA) is 63.1 Å². The van der Waals surface area contributed by atoms with Gasteiger partial charge in [-0.15, -0.1) is 0 Å². The zero-order valence-corrected chi connectivity index (χ0v) is 11.8. The number of rotatable bonds is 2. The summed E-state index contributed by atoms with van der Waals surface area (Å²) in [6, 6.07) is 0. The molecular weight excluding hydrogens is 296 g/mol. The van der Waals surface area contributed by atoms with Crippen molar-refractivity contribution < 1.29 is 9.90 Å². The van der Waals surface area contributed by atoms with Gasteiger partial charge in [-0.05, 0) is 28.8 Å². The van der Waals surface area contributed by atoms with Crippen molar-refractivity contribution in [1.82, 2.24) is 9.97 Å². The average Bonchev–Trinajstić information content (AvgIpc) is 2.29. The van der Waals surface area contributed by atoms with E-state index in [1.165, 1.54) is 32.1 Å². The van der Waals surface area contributed by atoms with Crippen LogP contribution < -0.4 is 0 Å². The predicted molar refractivity (Wildman–Crippen MR) is 71.8 cm³/mol. The Balaban J connectivity index is 2.20. The molecule has 1 saturated carbocycles. The van der Waals surface area contributed by atoms with Gasteiger partial charge in [-0.25, -0.2) is 14.8 Å². The summed E-state index contributed by atoms with van der Waals surface area (Å²) in [7, 11) is 0. The van der Waals surface area contributed by atoms with Crippen LogP contribution in [0.15, 0.2) is 10.7 Å². The molecule has 0 aromatic carbocycles. The number of hydrogen-bond donors (Lipinski definition) is 1. The number of hydrogen-bond acceptors (Lipinski definition) is 3. The molecule has 4 nitrogen and oxygen atoms in total. The van der Waals surface area contributed by atoms with E-state index >= 15 is 0 Å². The van der Waals surface area contributed by atoms with E-state index in [0.717, 1.165) is 12.8 Å². The minimum Gasteiger partial charge on any atom is -0.476 e. The molecule has 0 unspecified atom stereocenters. The smallest absolute Gasteiger partial charge is 0.355 e. The van der Waals surface area contributed by atoms with E-state index in [-0.39, 0.29) is 5.69 Å². The molecule has 1 aliphatic carbocycles. The van der Waals surface area contributed by atoms with E-state index in [4.69, 9.17) is 5.11 Å². The number of carbonyl (C=O) groups is 1. The van der Waals surface area contributed by atoms with E-state index in [1.54, 1.807) is 6.20 Å². The van der Waals surface area contributed by atoms with Crippen molar-refractivity contribution >= 4 is 21.9 Å². The molecule has 0 bridgehead atoms. The number of carboxylic acids is 1. The standard InChI is InChI=1S/C13H17BrN2O2/c14-10-8-15-12(16-11(10)13(17)18)9-6-4-2-1-3-5-7-9/h8-9H,1-7H2,(H,17,18). The summed E-state index contributed by atoms with van der Waals surface area (Å²) in [4.78, 5) is 19.6. The van der Waals surface area contributed by atoms with Crippen LogP contribution in [-0.4, -0.2) is 21.0 Å². The normalized spacial score (nSPS) is 18.1. The highest BCUT2D eigenvalue weighted by Crippen LogP contribution is 2.29. The molecule has 1 aromatic rings. The molecule has 1 aliphatic rings. The summed E-state index contributed by atoms with van der Waals surface area (Å²) >= 11 is 3.18. The van der Waals surface area contributed by atoms with E-state index in [9.17, 15) is 4.79 Å². The third-order valence-corrected chi connectivity index (χ3v) is 4.02. The van der Waals surface area contributed by atoms with Gasteiger partial charge in [0.15, 0.2) is 5.69 Å². The molecule has 0 amide bonds. The van der Waals surface area contributed by atoms with E-state index in [1.807, 2.05) is 0 Å². The van der Waals surface area contributed by atoms with Crippen LogP contribution in [0.3, 0.4) is 0 Å². The second kappa shape index (κ2) is 6.27. The van der Waals surface area contributed by atoms with Gasteiger partial charge in [-0.2, -0.15) is 0 Å². The Morgan fingerprint density at radius 3 is 2.44 bits per heavy atom. The second-order valence-electron chi connectivity index (χ2n) is 4.77. The number of halogens is 1. The van der Waals surface area contributed by atoms with Crippen LogP contribution in [0.25, 0.3) is 0 Å². The van der Waals surface area contributed by atoms with Crippen LogP contribution in [-0.2, 0) is 0 Å². The number of carboxylic acid groups (broad SMARTS) is 1. The van der Waals surface area contributed by atoms with Gasteiger partial charge in [0, 0.05) is 12.1 Å². The van der Waals surface area contributed by atoms with E-state index in [2.05, 4.69) is 25.9 Å². The first-order chi connectivity index (χ1) is 8.68. The minimum atomic E-state index is -1.00. The van der Waals surface area contributed by atoms with Crippen LogP contribution >= 0.6 is 15.9 Å². The molecule has 1 N–H and O–H groups in total. The van der Waals surface area contributed by atoms with Gasteiger partial charge in [-0.1, -0.05) is 32.1 Å². The van der Waals surface area contributed by atoms with Crippen molar-refractivity contribution in [3.05, 3.63) is 22.2 Å². The Morgan fingerprint density at radius 1 is 1.22 bits per heavy atom. The van der Waals surface area contributed by atoms with Gasteiger partial charge in [0.1, 0.15) is 5.82 Å². The van der Waals surface area contributed by atoms with Gasteiger partial charge >= 0.3 is 5.97 Å². The molecule has 2 rings (SSSR count). The molecule has 98 valence electrons. The molecule has 0 atom stereocenters. The van der Waals surface area contributed by atoms with Gasteiger partial charge in [-0.3, -0.25) is 0 Å². The second-order valence-corrected chi connectivity index (χ2v) is 5.63. The lowest BCUT2D eigenvalue weighted by Crippen LogP contribution is -2.11. The average molecular weight is 313 g/mol. The zero-order valence-electron chi connectivity index (χ0n) is 10.2. The largest absolute Gasteiger partial charge is 0.476 e. The molecule has 1 fully saturated rings. The summed E-state index contributed by atoms with van der Waals surface area (Å²) in [5, 5.41) is 9.07. The van der Waals surface area contributed by atoms with Crippen molar-refractivity contribution in [2.45, 2.75) is 50.9 Å². The molecule has 1 aromatic heterocycles. The SMILES string of the molecule is O=C(O)c1nc(C2CCCCCCC2)ncc1Br. The zero-order chi connectivity index (χ0) is 13.0. The molecule has 1 heterocycles. The lowest BCUT2D eigenvalue weighted by molar-refractivity contribution is 0.0688. The Bertz CT molecular complexity index is 429. The van der Waals surface area contributed by atoms with Crippen LogP contribution in [0.5, 0.6) is 0 Å². The molecule has 0 aliphatic heterocycles. The highest BCUT2D eigenvalue weighted by atomic mass is 79.9. The lowest BCUT2D eigenvalue weighted by atomic mass is 9.90. The Morgan fingerprint density at radius 2 is 1.83 bits per heavy atom. The number of aromatic carboxylic acids is 1. The Kier molecular flexibility index (Phi) is 4.69. The van der Waals surface area contributed by atoms with Crippen molar-refractivity contribution in [2.24, 2.45) is 0 Å². The van der Waals surface area contributed by atoms with Crippen LogP contribution in [0.2, 0.25) is 0 Å². The quantitative estimate of drug-likeness (QED) is 0.903. The maximum absolute atomic E-state index is 11.1. The third kappa shape index (κ3) is 3.28. The maximum atomic E-state index is 11.1. The first-order valence-electron chi connectivity index (χ1n) is 6.44. The van der Waals surface area contributed by atoms with Crippen LogP contribution in [0.1, 0.15) is 67.2 Å². The molecule has 0 radical (unpaired) electrons. The van der Waals surface area contributed by atoms with E-state index < -0.39 is 5.97 Å². The fraction of sp³-hybridized carbons (Fsp3) is 0.615. The summed E-state index contributed by atoms with van der Waals surface area (Å²) in [5.41, 5.74) is 0.0714. The van der Waals surface area contributed by atoms with Crippen LogP contribution in [0, 0.1) is 0 Å². The van der Waals surface area contributed by atoms with Gasteiger partial charge < -0.3 is 5.11 Å². The predicted octanol–water partition coefficient (Wildman–Crippen LogP) is 3.77. The Hall–Kier alpha value is -0.970. The summed E-state index contributed by atoms with van der Waals surface area (Å²) in [6.45, 7) is 0. The molecule has 18 heavy (non-hydrogen) atoms. The lowest BCUT2D eigenvalue weighted by Gasteiger charge is -2.18. The van der Waals surface area contributed by atoms with Crippen molar-refractivity contribution in [2.75, 3.05) is 0 Å². The highest BCUT2D eigenvalue weighted by Gasteiger charge is 2.19.